The maximum atomic E-state index is 11.3. The van der Waals surface area contributed by atoms with E-state index in [4.69, 9.17) is 16.7 Å². The summed E-state index contributed by atoms with van der Waals surface area (Å²) in [5.74, 6) is -0.0384. The first-order chi connectivity index (χ1) is 7.58. The van der Waals surface area contributed by atoms with Crippen molar-refractivity contribution >= 4 is 41.1 Å². The van der Waals surface area contributed by atoms with E-state index in [2.05, 4.69) is 14.7 Å². The lowest BCUT2D eigenvalue weighted by Gasteiger charge is -2.04. The highest BCUT2D eigenvalue weighted by atomic mass is 35.5. The minimum atomic E-state index is -1.47. The van der Waals surface area contributed by atoms with Gasteiger partial charge in [0.15, 0.2) is 5.75 Å². The zero-order valence-electron chi connectivity index (χ0n) is 8.14. The number of rotatable bonds is 1. The van der Waals surface area contributed by atoms with Crippen LogP contribution in [0.15, 0.2) is 23.3 Å². The van der Waals surface area contributed by atoms with Gasteiger partial charge in [-0.3, -0.25) is 4.79 Å². The van der Waals surface area contributed by atoms with Gasteiger partial charge >= 0.3 is 6.16 Å². The van der Waals surface area contributed by atoms with Crippen LogP contribution >= 0.6 is 24.0 Å². The van der Waals surface area contributed by atoms with Gasteiger partial charge in [0.2, 0.25) is 0 Å². The van der Waals surface area contributed by atoms with E-state index < -0.39 is 11.7 Å². The number of benzene rings is 1. The number of hydrogen-bond acceptors (Lipinski definition) is 4. The molecule has 1 heterocycles. The average molecular weight is 277 g/mol. The molecule has 0 bridgehead atoms. The van der Waals surface area contributed by atoms with Crippen molar-refractivity contribution in [3.8, 4) is 5.75 Å². The van der Waals surface area contributed by atoms with E-state index in [9.17, 15) is 9.59 Å². The zero-order valence-corrected chi connectivity index (χ0v) is 9.71. The molecule has 0 radical (unpaired) electrons. The summed E-state index contributed by atoms with van der Waals surface area (Å²) in [5.41, 5.74) is -0.0434. The monoisotopic (exact) mass is 276 g/mol. The lowest BCUT2D eigenvalue weighted by molar-refractivity contribution is 0.144. The Morgan fingerprint density at radius 3 is 2.82 bits per heavy atom. The number of carbonyl (C=O) groups is 1. The smallest absolute Gasteiger partial charge is 0.449 e. The summed E-state index contributed by atoms with van der Waals surface area (Å²) in [4.78, 5) is 27.9. The van der Waals surface area contributed by atoms with Crippen molar-refractivity contribution in [3.63, 3.8) is 0 Å². The molecule has 0 aliphatic rings. The molecule has 90 valence electrons. The molecular formula is C9H6Cl2N2O4. The third-order valence-electron chi connectivity index (χ3n) is 1.90. The first kappa shape index (κ1) is 13.3. The molecule has 1 aromatic heterocycles. The molecule has 0 spiro atoms. The van der Waals surface area contributed by atoms with Gasteiger partial charge in [0.05, 0.1) is 22.3 Å². The number of carboxylic acid groups (broad SMARTS) is 1. The topological polar surface area (TPSA) is 92.3 Å². The molecule has 0 atom stereocenters. The standard InChI is InChI=1S/C9H5ClN2O4.ClH/c10-5-1-4-6(11-3-12-8(4)13)2-7(5)16-9(14)15;/h1-3H,(H,14,15)(H,11,12,13);1H. The van der Waals surface area contributed by atoms with Crippen molar-refractivity contribution in [1.82, 2.24) is 9.97 Å². The van der Waals surface area contributed by atoms with Gasteiger partial charge in [-0.15, -0.1) is 12.4 Å². The second-order valence-electron chi connectivity index (χ2n) is 2.90. The van der Waals surface area contributed by atoms with Crippen molar-refractivity contribution in [2.75, 3.05) is 0 Å². The first-order valence-electron chi connectivity index (χ1n) is 4.15. The highest BCUT2D eigenvalue weighted by Crippen LogP contribution is 2.27. The van der Waals surface area contributed by atoms with Gasteiger partial charge in [0.1, 0.15) is 0 Å². The molecule has 0 saturated heterocycles. The minimum absolute atomic E-state index is 0. The van der Waals surface area contributed by atoms with Gasteiger partial charge in [-0.2, -0.15) is 4.98 Å². The second kappa shape index (κ2) is 5.03. The number of nitrogens with one attached hydrogen (secondary N) is 1. The maximum Gasteiger partial charge on any atom is 0.511 e. The number of ether oxygens (including phenoxy) is 1. The predicted octanol–water partition coefficient (Wildman–Crippen LogP) is 2.06. The summed E-state index contributed by atoms with van der Waals surface area (Å²) in [6.07, 6.45) is -0.263. The number of fused-ring (bicyclic) bond motifs is 1. The predicted molar refractivity (Wildman–Crippen MR) is 63.3 cm³/mol. The highest BCUT2D eigenvalue weighted by molar-refractivity contribution is 6.32. The summed E-state index contributed by atoms with van der Waals surface area (Å²) in [6.45, 7) is 0. The molecule has 0 aliphatic carbocycles. The Morgan fingerprint density at radius 2 is 2.18 bits per heavy atom. The van der Waals surface area contributed by atoms with Crippen LogP contribution in [-0.2, 0) is 0 Å². The van der Waals surface area contributed by atoms with Crippen molar-refractivity contribution < 1.29 is 14.6 Å². The SMILES string of the molecule is Cl.O=C(O)Oc1cc2[nH]cnc(=O)c2cc1Cl. The van der Waals surface area contributed by atoms with E-state index in [0.717, 1.165) is 0 Å². The third kappa shape index (κ3) is 2.66. The number of aromatic nitrogens is 2. The van der Waals surface area contributed by atoms with Crippen molar-refractivity contribution in [2.24, 2.45) is 0 Å². The quantitative estimate of drug-likeness (QED) is 0.614. The van der Waals surface area contributed by atoms with E-state index in [-0.39, 0.29) is 28.6 Å². The van der Waals surface area contributed by atoms with Gasteiger partial charge in [-0.25, -0.2) is 4.79 Å². The maximum absolute atomic E-state index is 11.3. The molecule has 17 heavy (non-hydrogen) atoms. The normalized spacial score (nSPS) is 9.71. The van der Waals surface area contributed by atoms with E-state index in [1.807, 2.05) is 0 Å². The van der Waals surface area contributed by atoms with Gasteiger partial charge in [0, 0.05) is 6.07 Å². The Balaban J connectivity index is 0.00000144. The Hall–Kier alpha value is -1.79. The largest absolute Gasteiger partial charge is 0.511 e. The van der Waals surface area contributed by atoms with Crippen LogP contribution in [0, 0.1) is 0 Å². The molecular weight excluding hydrogens is 271 g/mol. The first-order valence-corrected chi connectivity index (χ1v) is 4.53. The molecule has 0 saturated carbocycles. The van der Waals surface area contributed by atoms with Gasteiger partial charge in [0.25, 0.3) is 5.56 Å². The van der Waals surface area contributed by atoms with Crippen LogP contribution in [0.2, 0.25) is 5.02 Å². The third-order valence-corrected chi connectivity index (χ3v) is 2.20. The van der Waals surface area contributed by atoms with Crippen molar-refractivity contribution in [3.05, 3.63) is 33.8 Å². The number of aromatic amines is 1. The van der Waals surface area contributed by atoms with Crippen LogP contribution in [0.1, 0.15) is 0 Å². The summed E-state index contributed by atoms with van der Waals surface area (Å²) < 4.78 is 4.44. The van der Waals surface area contributed by atoms with E-state index in [0.29, 0.717) is 5.52 Å². The molecule has 2 rings (SSSR count). The van der Waals surface area contributed by atoms with Crippen LogP contribution in [-0.4, -0.2) is 21.2 Å². The lowest BCUT2D eigenvalue weighted by atomic mass is 10.2. The van der Waals surface area contributed by atoms with Gasteiger partial charge < -0.3 is 14.8 Å². The van der Waals surface area contributed by atoms with Crippen LogP contribution in [0.4, 0.5) is 4.79 Å². The summed E-state index contributed by atoms with van der Waals surface area (Å²) in [5, 5.41) is 8.76. The van der Waals surface area contributed by atoms with Crippen LogP contribution in [0.3, 0.4) is 0 Å². The Kier molecular flexibility index (Phi) is 3.93. The molecule has 2 aromatic rings. The summed E-state index contributed by atoms with van der Waals surface area (Å²) in [6, 6.07) is 2.63. The molecule has 0 unspecified atom stereocenters. The Labute approximate surface area is 106 Å². The minimum Gasteiger partial charge on any atom is -0.449 e. The Morgan fingerprint density at radius 1 is 1.47 bits per heavy atom. The second-order valence-corrected chi connectivity index (χ2v) is 3.31. The van der Waals surface area contributed by atoms with E-state index in [1.165, 1.54) is 18.5 Å². The zero-order chi connectivity index (χ0) is 11.7. The van der Waals surface area contributed by atoms with Crippen molar-refractivity contribution in [1.29, 1.82) is 0 Å². The van der Waals surface area contributed by atoms with Gasteiger partial charge in [-0.1, -0.05) is 11.6 Å². The number of H-pyrrole nitrogens is 1. The summed E-state index contributed by atoms with van der Waals surface area (Å²) in [7, 11) is 0. The fraction of sp³-hybridized carbons (Fsp3) is 0. The fourth-order valence-electron chi connectivity index (χ4n) is 1.25. The van der Waals surface area contributed by atoms with E-state index >= 15 is 0 Å². The summed E-state index contributed by atoms with van der Waals surface area (Å²) >= 11 is 5.75. The number of nitrogens with zero attached hydrogens (tertiary/aromatic N) is 1. The highest BCUT2D eigenvalue weighted by Gasteiger charge is 2.10. The van der Waals surface area contributed by atoms with Crippen molar-refractivity contribution in [2.45, 2.75) is 0 Å². The fourth-order valence-corrected chi connectivity index (χ4v) is 1.45. The number of halogens is 2. The van der Waals surface area contributed by atoms with Crippen LogP contribution in [0.25, 0.3) is 10.9 Å². The molecule has 1 aromatic carbocycles. The van der Waals surface area contributed by atoms with Gasteiger partial charge in [-0.05, 0) is 6.07 Å². The van der Waals surface area contributed by atoms with E-state index in [1.54, 1.807) is 0 Å². The molecule has 6 nitrogen and oxygen atoms in total. The van der Waals surface area contributed by atoms with Crippen LogP contribution in [0.5, 0.6) is 5.75 Å². The molecule has 0 fully saturated rings. The Bertz CT molecular complexity index is 626. The average Bonchev–Trinajstić information content (AvgIpc) is 2.20. The number of hydrogen-bond donors (Lipinski definition) is 2. The molecule has 0 amide bonds. The molecule has 2 N–H and O–H groups in total. The van der Waals surface area contributed by atoms with Crippen LogP contribution < -0.4 is 10.3 Å². The lowest BCUT2D eigenvalue weighted by Crippen LogP contribution is -2.08. The molecule has 0 aliphatic heterocycles. The molecule has 8 heteroatoms.